The largest absolute Gasteiger partial charge is 0.329 e. The number of benzene rings is 1. The Labute approximate surface area is 169 Å². The van der Waals surface area contributed by atoms with Gasteiger partial charge in [0.15, 0.2) is 11.6 Å². The minimum Gasteiger partial charge on any atom is -0.329 e. The molecule has 0 unspecified atom stereocenters. The van der Waals surface area contributed by atoms with Gasteiger partial charge in [0.2, 0.25) is 6.41 Å². The van der Waals surface area contributed by atoms with E-state index in [-0.39, 0.29) is 0 Å². The summed E-state index contributed by atoms with van der Waals surface area (Å²) in [5.74, 6) is 0.985. The molecule has 2 heterocycles. The third-order valence-corrected chi connectivity index (χ3v) is 5.97. The highest BCUT2D eigenvalue weighted by Gasteiger charge is 2.52. The van der Waals surface area contributed by atoms with Crippen LogP contribution in [0.15, 0.2) is 42.9 Å². The van der Waals surface area contributed by atoms with Gasteiger partial charge in [-0.05, 0) is 62.3 Å². The molecule has 6 rings (SSSR count). The van der Waals surface area contributed by atoms with Crippen LogP contribution in [0.2, 0.25) is 0 Å². The van der Waals surface area contributed by atoms with Crippen molar-refractivity contribution in [2.24, 2.45) is 13.0 Å². The summed E-state index contributed by atoms with van der Waals surface area (Å²) in [7, 11) is 2.01. The van der Waals surface area contributed by atoms with Gasteiger partial charge < -0.3 is 5.32 Å². The molecule has 1 aromatic carbocycles. The van der Waals surface area contributed by atoms with E-state index >= 15 is 0 Å². The summed E-state index contributed by atoms with van der Waals surface area (Å²) in [5.41, 5.74) is 4.23. The summed E-state index contributed by atoms with van der Waals surface area (Å²) >= 11 is 0. The van der Waals surface area contributed by atoms with Gasteiger partial charge in [0.25, 0.3) is 0 Å². The van der Waals surface area contributed by atoms with Gasteiger partial charge in [-0.1, -0.05) is 6.07 Å². The smallest absolute Gasteiger partial charge is 0.211 e. The van der Waals surface area contributed by atoms with Crippen molar-refractivity contribution in [3.05, 3.63) is 59.9 Å². The van der Waals surface area contributed by atoms with Crippen LogP contribution >= 0.6 is 0 Å². The third-order valence-electron chi connectivity index (χ3n) is 5.97. The predicted octanol–water partition coefficient (Wildman–Crippen LogP) is 4.02. The molecule has 6 nitrogen and oxygen atoms in total. The van der Waals surface area contributed by atoms with Gasteiger partial charge in [-0.3, -0.25) is 9.48 Å². The number of aryl methyl sites for hydroxylation is 2. The predicted molar refractivity (Wildman–Crippen MR) is 109 cm³/mol. The molecule has 0 aliphatic heterocycles. The van der Waals surface area contributed by atoms with E-state index < -0.39 is 5.82 Å². The first-order valence-corrected chi connectivity index (χ1v) is 9.78. The second-order valence-electron chi connectivity index (χ2n) is 7.98. The molecule has 7 heteroatoms. The topological polar surface area (TPSA) is 72.7 Å². The minimum absolute atomic E-state index is 0.429. The van der Waals surface area contributed by atoms with E-state index in [1.165, 1.54) is 31.4 Å². The molecule has 1 amide bonds. The number of rotatable bonds is 4. The molecule has 0 saturated heterocycles. The fourth-order valence-corrected chi connectivity index (χ4v) is 4.44. The van der Waals surface area contributed by atoms with E-state index in [4.69, 9.17) is 0 Å². The summed E-state index contributed by atoms with van der Waals surface area (Å²) in [4.78, 5) is 18.2. The number of amides is 1. The molecule has 3 aliphatic carbocycles. The molecule has 3 aliphatic rings. The van der Waals surface area contributed by atoms with Crippen LogP contribution < -0.4 is 5.32 Å². The van der Waals surface area contributed by atoms with Gasteiger partial charge in [0, 0.05) is 29.9 Å². The number of halogens is 1. The Morgan fingerprint density at radius 2 is 2.00 bits per heavy atom. The lowest BCUT2D eigenvalue weighted by Crippen LogP contribution is -2.32. The van der Waals surface area contributed by atoms with Crippen LogP contribution in [-0.4, -0.2) is 26.2 Å². The lowest BCUT2D eigenvalue weighted by molar-refractivity contribution is -0.105. The Morgan fingerprint density at radius 3 is 2.59 bits per heavy atom. The molecule has 1 N–H and O–H groups in total. The van der Waals surface area contributed by atoms with E-state index in [1.807, 2.05) is 24.7 Å². The first-order valence-electron chi connectivity index (χ1n) is 9.78. The van der Waals surface area contributed by atoms with Crippen molar-refractivity contribution in [2.45, 2.75) is 38.0 Å². The molecular weight excluding hydrogens is 369 g/mol. The van der Waals surface area contributed by atoms with Crippen LogP contribution in [-0.2, 0) is 17.3 Å². The SMILES string of the molecule is Cc1ccc(NC=O)cc1-c1ncc(F)cn1.Cn1ccc(C23CCC(C2)C3)n1. The molecule has 3 aromatic rings. The molecule has 2 aromatic heterocycles. The Hall–Kier alpha value is -3.09. The number of hydrogen-bond donors (Lipinski definition) is 1. The highest BCUT2D eigenvalue weighted by atomic mass is 19.1. The van der Waals surface area contributed by atoms with Gasteiger partial charge in [0.05, 0.1) is 18.1 Å². The van der Waals surface area contributed by atoms with Crippen molar-refractivity contribution in [3.63, 3.8) is 0 Å². The van der Waals surface area contributed by atoms with E-state index in [0.29, 0.717) is 23.3 Å². The molecule has 2 bridgehead atoms. The summed E-state index contributed by atoms with van der Waals surface area (Å²) < 4.78 is 14.6. The molecule has 29 heavy (non-hydrogen) atoms. The Kier molecular flexibility index (Phi) is 5.13. The van der Waals surface area contributed by atoms with Crippen molar-refractivity contribution in [1.82, 2.24) is 19.7 Å². The van der Waals surface area contributed by atoms with Crippen LogP contribution in [0.25, 0.3) is 11.4 Å². The van der Waals surface area contributed by atoms with E-state index in [9.17, 15) is 9.18 Å². The number of anilines is 1. The number of fused-ring (bicyclic) bond motifs is 1. The fraction of sp³-hybridized carbons (Fsp3) is 0.364. The molecule has 3 saturated carbocycles. The molecular formula is C22H24FN5O. The first-order chi connectivity index (χ1) is 14.0. The normalized spacial score (nSPS) is 21.7. The van der Waals surface area contributed by atoms with Gasteiger partial charge >= 0.3 is 0 Å². The summed E-state index contributed by atoms with van der Waals surface area (Å²) in [6.07, 6.45) is 10.5. The zero-order valence-electron chi connectivity index (χ0n) is 16.6. The average Bonchev–Trinajstić information content (AvgIpc) is 3.40. The van der Waals surface area contributed by atoms with E-state index in [1.54, 1.807) is 12.1 Å². The van der Waals surface area contributed by atoms with Crippen molar-refractivity contribution < 1.29 is 9.18 Å². The van der Waals surface area contributed by atoms with Crippen LogP contribution in [0.5, 0.6) is 0 Å². The van der Waals surface area contributed by atoms with Crippen LogP contribution in [0.4, 0.5) is 10.1 Å². The molecule has 0 atom stereocenters. The second kappa shape index (κ2) is 7.73. The maximum atomic E-state index is 12.7. The Balaban J connectivity index is 0.000000149. The standard InChI is InChI=1S/C12H10FN3O.C10H14N2/c1-8-2-3-10(16-7-17)4-11(8)12-14-5-9(13)6-15-12;1-12-5-3-9(11-12)10-4-2-8(6-10)7-10/h2-7H,1H3,(H,16,17);3,5,8H,2,4,6-7H2,1H3. The number of aromatic nitrogens is 4. The van der Waals surface area contributed by atoms with Gasteiger partial charge in [-0.2, -0.15) is 5.10 Å². The monoisotopic (exact) mass is 393 g/mol. The maximum absolute atomic E-state index is 12.7. The lowest BCUT2D eigenvalue weighted by Gasteiger charge is -2.36. The zero-order valence-corrected chi connectivity index (χ0v) is 16.6. The molecule has 3 fully saturated rings. The van der Waals surface area contributed by atoms with Crippen LogP contribution in [0.3, 0.4) is 0 Å². The number of nitrogens with one attached hydrogen (secondary N) is 1. The molecule has 150 valence electrons. The van der Waals surface area contributed by atoms with E-state index in [0.717, 1.165) is 29.4 Å². The minimum atomic E-state index is -0.478. The average molecular weight is 393 g/mol. The fourth-order valence-electron chi connectivity index (χ4n) is 4.44. The number of hydrogen-bond acceptors (Lipinski definition) is 4. The molecule has 0 spiro atoms. The second-order valence-corrected chi connectivity index (χ2v) is 7.98. The Bertz CT molecular complexity index is 1000. The van der Waals surface area contributed by atoms with Crippen molar-refractivity contribution in [2.75, 3.05) is 5.32 Å². The number of nitrogens with zero attached hydrogens (tertiary/aromatic N) is 4. The zero-order chi connectivity index (χ0) is 20.4. The summed E-state index contributed by atoms with van der Waals surface area (Å²) in [6.45, 7) is 1.90. The quantitative estimate of drug-likeness (QED) is 0.680. The Morgan fingerprint density at radius 1 is 1.24 bits per heavy atom. The van der Waals surface area contributed by atoms with E-state index in [2.05, 4.69) is 32.6 Å². The highest BCUT2D eigenvalue weighted by molar-refractivity contribution is 5.75. The first kappa shape index (κ1) is 19.2. The summed E-state index contributed by atoms with van der Waals surface area (Å²) in [6, 6.07) is 7.56. The van der Waals surface area contributed by atoms with Gasteiger partial charge in [-0.15, -0.1) is 0 Å². The van der Waals surface area contributed by atoms with Crippen molar-refractivity contribution >= 4 is 12.1 Å². The van der Waals surface area contributed by atoms with Crippen molar-refractivity contribution in [3.8, 4) is 11.4 Å². The maximum Gasteiger partial charge on any atom is 0.211 e. The lowest BCUT2D eigenvalue weighted by atomic mass is 9.68. The number of carbonyl (C=O) groups is 1. The van der Waals surface area contributed by atoms with Crippen LogP contribution in [0.1, 0.15) is 36.9 Å². The summed E-state index contributed by atoms with van der Waals surface area (Å²) in [5, 5.41) is 7.07. The number of carbonyl (C=O) groups excluding carboxylic acids is 1. The molecule has 0 radical (unpaired) electrons. The van der Waals surface area contributed by atoms with Gasteiger partial charge in [-0.25, -0.2) is 14.4 Å². The van der Waals surface area contributed by atoms with Crippen molar-refractivity contribution in [1.29, 1.82) is 0 Å². The van der Waals surface area contributed by atoms with Gasteiger partial charge in [0.1, 0.15) is 0 Å². The highest BCUT2D eigenvalue weighted by Crippen LogP contribution is 2.59. The van der Waals surface area contributed by atoms with Crippen LogP contribution in [0, 0.1) is 18.7 Å². The third kappa shape index (κ3) is 3.90.